The van der Waals surface area contributed by atoms with Crippen LogP contribution in [0.2, 0.25) is 0 Å². The average Bonchev–Trinajstić information content (AvgIpc) is 2.71. The molecule has 2 aliphatic rings. The van der Waals surface area contributed by atoms with Gasteiger partial charge in [-0.25, -0.2) is 5.43 Å². The van der Waals surface area contributed by atoms with Gasteiger partial charge in [-0.1, -0.05) is 12.1 Å². The second-order valence-corrected chi connectivity index (χ2v) is 7.60. The summed E-state index contributed by atoms with van der Waals surface area (Å²) < 4.78 is 5.26. The number of ether oxygens (including phenoxy) is 1. The maximum atomic E-state index is 13.0. The van der Waals surface area contributed by atoms with Gasteiger partial charge in [0.2, 0.25) is 0 Å². The molecule has 1 unspecified atom stereocenters. The summed E-state index contributed by atoms with van der Waals surface area (Å²) in [6.45, 7) is 5.38. The van der Waals surface area contributed by atoms with Crippen LogP contribution in [0.25, 0.3) is 0 Å². The van der Waals surface area contributed by atoms with E-state index < -0.39 is 35.3 Å². The zero-order chi connectivity index (χ0) is 19.8. The quantitative estimate of drug-likeness (QED) is 0.630. The number of hydrogen-bond donors (Lipinski definition) is 1. The number of amides is 3. The van der Waals surface area contributed by atoms with E-state index in [9.17, 15) is 19.2 Å². The van der Waals surface area contributed by atoms with E-state index in [1.54, 1.807) is 45.0 Å². The number of benzene rings is 1. The second kappa shape index (κ2) is 7.11. The molecule has 0 bridgehead atoms. The number of nitrogens with zero attached hydrogens (tertiary/aromatic N) is 2. The molecular weight excluding hydrogens is 350 g/mol. The summed E-state index contributed by atoms with van der Waals surface area (Å²) in [6, 6.07) is 5.56. The summed E-state index contributed by atoms with van der Waals surface area (Å²) in [5, 5.41) is 1.15. The molecule has 0 saturated carbocycles. The van der Waals surface area contributed by atoms with Gasteiger partial charge in [-0.3, -0.25) is 29.1 Å². The van der Waals surface area contributed by atoms with Gasteiger partial charge in [0.05, 0.1) is 11.1 Å². The Morgan fingerprint density at radius 1 is 1.15 bits per heavy atom. The first kappa shape index (κ1) is 19.0. The highest BCUT2D eigenvalue weighted by Gasteiger charge is 2.44. The summed E-state index contributed by atoms with van der Waals surface area (Å²) >= 11 is 0. The topological polar surface area (TPSA) is 96.0 Å². The third-order valence-electron chi connectivity index (χ3n) is 4.35. The van der Waals surface area contributed by atoms with Crippen LogP contribution in [-0.4, -0.2) is 58.3 Å². The predicted octanol–water partition coefficient (Wildman–Crippen LogP) is 1.12. The van der Waals surface area contributed by atoms with Gasteiger partial charge in [-0.05, 0) is 45.7 Å². The molecule has 1 N–H and O–H groups in total. The van der Waals surface area contributed by atoms with Gasteiger partial charge in [0.15, 0.2) is 0 Å². The van der Waals surface area contributed by atoms with Crippen molar-refractivity contribution in [3.05, 3.63) is 35.4 Å². The highest BCUT2D eigenvalue weighted by molar-refractivity contribution is 6.22. The smallest absolute Gasteiger partial charge is 0.327 e. The Bertz CT molecular complexity index is 764. The van der Waals surface area contributed by atoms with Crippen LogP contribution < -0.4 is 5.43 Å². The van der Waals surface area contributed by atoms with Crippen molar-refractivity contribution in [1.29, 1.82) is 0 Å². The lowest BCUT2D eigenvalue weighted by atomic mass is 10.1. The molecule has 1 saturated heterocycles. The highest BCUT2D eigenvalue weighted by Crippen LogP contribution is 2.27. The molecule has 144 valence electrons. The van der Waals surface area contributed by atoms with Crippen molar-refractivity contribution in [2.75, 3.05) is 13.1 Å². The normalized spacial score (nSPS) is 20.6. The van der Waals surface area contributed by atoms with Crippen LogP contribution in [-0.2, 0) is 14.3 Å². The van der Waals surface area contributed by atoms with E-state index in [4.69, 9.17) is 4.74 Å². The van der Waals surface area contributed by atoms with Crippen molar-refractivity contribution in [1.82, 2.24) is 15.3 Å². The van der Waals surface area contributed by atoms with Gasteiger partial charge in [-0.2, -0.15) is 0 Å². The zero-order valence-corrected chi connectivity index (χ0v) is 15.7. The van der Waals surface area contributed by atoms with Crippen LogP contribution in [0.3, 0.4) is 0 Å². The Morgan fingerprint density at radius 2 is 1.74 bits per heavy atom. The van der Waals surface area contributed by atoms with Crippen molar-refractivity contribution in [2.45, 2.75) is 45.3 Å². The number of carbonyl (C=O) groups is 4. The standard InChI is InChI=1S/C19H23N3O5/c1-19(2,3)27-15(23)11-21-18(26)14(9-6-10-20-21)22-16(24)12-7-4-5-8-13(12)17(22)25/h4-5,7-8,14,20H,6,9-11H2,1-3H3. The molecule has 27 heavy (non-hydrogen) atoms. The Hall–Kier alpha value is -2.74. The molecule has 2 aliphatic heterocycles. The molecule has 1 fully saturated rings. The number of nitrogens with one attached hydrogen (secondary N) is 1. The van der Waals surface area contributed by atoms with Crippen LogP contribution >= 0.6 is 0 Å². The molecule has 0 aliphatic carbocycles. The van der Waals surface area contributed by atoms with Crippen LogP contribution in [0.15, 0.2) is 24.3 Å². The minimum absolute atomic E-state index is 0.296. The number of imide groups is 1. The molecule has 0 radical (unpaired) electrons. The molecule has 3 amide bonds. The van der Waals surface area contributed by atoms with Gasteiger partial charge in [-0.15, -0.1) is 0 Å². The molecule has 0 spiro atoms. The maximum Gasteiger partial charge on any atom is 0.327 e. The summed E-state index contributed by atoms with van der Waals surface area (Å²) in [7, 11) is 0. The van der Waals surface area contributed by atoms with E-state index in [1.165, 1.54) is 0 Å². The van der Waals surface area contributed by atoms with Crippen molar-refractivity contribution in [3.63, 3.8) is 0 Å². The third-order valence-corrected chi connectivity index (χ3v) is 4.35. The number of rotatable bonds is 3. The van der Waals surface area contributed by atoms with E-state index >= 15 is 0 Å². The van der Waals surface area contributed by atoms with Crippen LogP contribution in [0.5, 0.6) is 0 Å². The van der Waals surface area contributed by atoms with E-state index in [1.807, 2.05) is 0 Å². The van der Waals surface area contributed by atoms with Crippen molar-refractivity contribution in [3.8, 4) is 0 Å². The van der Waals surface area contributed by atoms with E-state index in [-0.39, 0.29) is 6.54 Å². The van der Waals surface area contributed by atoms with E-state index in [0.717, 1.165) is 9.91 Å². The molecule has 2 heterocycles. The van der Waals surface area contributed by atoms with Crippen LogP contribution in [0.4, 0.5) is 0 Å². The molecule has 1 atom stereocenters. The van der Waals surface area contributed by atoms with Gasteiger partial charge in [0.25, 0.3) is 17.7 Å². The largest absolute Gasteiger partial charge is 0.459 e. The first-order valence-corrected chi connectivity index (χ1v) is 8.92. The Labute approximate surface area is 157 Å². The molecule has 8 heteroatoms. The van der Waals surface area contributed by atoms with Gasteiger partial charge in [0.1, 0.15) is 18.2 Å². The number of esters is 1. The van der Waals surface area contributed by atoms with Crippen LogP contribution in [0, 0.1) is 0 Å². The van der Waals surface area contributed by atoms with Gasteiger partial charge < -0.3 is 4.74 Å². The molecule has 1 aromatic carbocycles. The average molecular weight is 373 g/mol. The molecule has 3 rings (SSSR count). The lowest BCUT2D eigenvalue weighted by molar-refractivity contribution is -0.161. The summed E-state index contributed by atoms with van der Waals surface area (Å²) in [5.74, 6) is -2.01. The Morgan fingerprint density at radius 3 is 2.30 bits per heavy atom. The Balaban J connectivity index is 1.80. The lowest BCUT2D eigenvalue weighted by Gasteiger charge is -2.29. The number of carbonyl (C=O) groups excluding carboxylic acids is 4. The summed E-state index contributed by atoms with van der Waals surface area (Å²) in [5.41, 5.74) is 2.81. The number of fused-ring (bicyclic) bond motifs is 1. The number of hydrogen-bond acceptors (Lipinski definition) is 6. The lowest BCUT2D eigenvalue weighted by Crippen LogP contribution is -2.54. The van der Waals surface area contributed by atoms with Crippen molar-refractivity contribution in [2.24, 2.45) is 0 Å². The third kappa shape index (κ3) is 3.85. The molecular formula is C19H23N3O5. The van der Waals surface area contributed by atoms with E-state index in [2.05, 4.69) is 5.43 Å². The molecule has 1 aromatic rings. The molecule has 8 nitrogen and oxygen atoms in total. The predicted molar refractivity (Wildman–Crippen MR) is 95.5 cm³/mol. The van der Waals surface area contributed by atoms with Crippen molar-refractivity contribution < 1.29 is 23.9 Å². The zero-order valence-electron chi connectivity index (χ0n) is 15.7. The maximum absolute atomic E-state index is 13.0. The van der Waals surface area contributed by atoms with Crippen molar-refractivity contribution >= 4 is 23.7 Å². The van der Waals surface area contributed by atoms with Crippen LogP contribution in [0.1, 0.15) is 54.3 Å². The van der Waals surface area contributed by atoms with E-state index in [0.29, 0.717) is 30.5 Å². The first-order valence-electron chi connectivity index (χ1n) is 8.92. The first-order chi connectivity index (χ1) is 12.7. The fraction of sp³-hybridized carbons (Fsp3) is 0.474. The fourth-order valence-corrected chi connectivity index (χ4v) is 3.26. The summed E-state index contributed by atoms with van der Waals surface area (Å²) in [4.78, 5) is 51.5. The summed E-state index contributed by atoms with van der Waals surface area (Å²) in [6.07, 6.45) is 0.913. The highest BCUT2D eigenvalue weighted by atomic mass is 16.6. The van der Waals surface area contributed by atoms with Gasteiger partial charge in [0, 0.05) is 6.54 Å². The monoisotopic (exact) mass is 373 g/mol. The Kier molecular flexibility index (Phi) is 5.01. The number of hydrazine groups is 1. The molecule has 0 aromatic heterocycles. The van der Waals surface area contributed by atoms with Gasteiger partial charge >= 0.3 is 5.97 Å². The minimum Gasteiger partial charge on any atom is -0.459 e. The fourth-order valence-electron chi connectivity index (χ4n) is 3.26. The second-order valence-electron chi connectivity index (χ2n) is 7.60. The SMILES string of the molecule is CC(C)(C)OC(=O)CN1NCCCC(N2C(=O)c3ccccc3C2=O)C1=O. The minimum atomic E-state index is -0.949.